The summed E-state index contributed by atoms with van der Waals surface area (Å²) in [5.41, 5.74) is 3.62. The fourth-order valence-electron chi connectivity index (χ4n) is 8.61. The normalized spacial score (nSPS) is 26.0. The summed E-state index contributed by atoms with van der Waals surface area (Å²) in [7, 11) is 0. The largest absolute Gasteiger partial charge is 0.487 e. The first-order chi connectivity index (χ1) is 21.7. The third-order valence-corrected chi connectivity index (χ3v) is 11.0. The topological polar surface area (TPSA) is 106 Å². The second-order valence-corrected chi connectivity index (χ2v) is 14.2. The minimum atomic E-state index is -0.889. The van der Waals surface area contributed by atoms with Crippen molar-refractivity contribution in [3.05, 3.63) is 89.7 Å². The monoisotopic (exact) mass is 606 g/mol. The molecule has 1 aliphatic heterocycles. The number of tetrazole rings is 1. The first kappa shape index (κ1) is 29.4. The molecule has 4 aromatic rings. The summed E-state index contributed by atoms with van der Waals surface area (Å²) in [5, 5.41) is 23.5. The van der Waals surface area contributed by atoms with E-state index in [1.54, 1.807) is 15.9 Å². The maximum Gasteiger partial charge on any atom is 0.407 e. The molecule has 0 spiro atoms. The van der Waals surface area contributed by atoms with Crippen LogP contribution < -0.4 is 4.74 Å². The molecule has 2 aromatic carbocycles. The van der Waals surface area contributed by atoms with Crippen LogP contribution in [0.25, 0.3) is 11.4 Å². The highest BCUT2D eigenvalue weighted by Crippen LogP contribution is 2.60. The van der Waals surface area contributed by atoms with Crippen LogP contribution in [0.5, 0.6) is 5.75 Å². The Labute approximate surface area is 264 Å². The number of fused-ring (bicyclic) bond motifs is 2. The Bertz CT molecular complexity index is 1650. The highest BCUT2D eigenvalue weighted by atomic mass is 16.5. The van der Waals surface area contributed by atoms with Crippen molar-refractivity contribution in [3.63, 3.8) is 0 Å². The maximum atomic E-state index is 12.1. The van der Waals surface area contributed by atoms with Crippen LogP contribution in [-0.2, 0) is 18.6 Å². The van der Waals surface area contributed by atoms with Crippen LogP contribution in [-0.4, -0.2) is 53.4 Å². The lowest BCUT2D eigenvalue weighted by atomic mass is 9.64. The summed E-state index contributed by atoms with van der Waals surface area (Å²) in [6.07, 6.45) is 7.51. The SMILES string of the molecule is CC(C)(C)[C@]1(Cn2nnc(-c3ccc(C4(c5ccc(OCc6ccccn6)cc5)CC5CCC4C5)cc3)n2)CCCN1C(=O)O. The summed E-state index contributed by atoms with van der Waals surface area (Å²) < 4.78 is 6.04. The van der Waals surface area contributed by atoms with Gasteiger partial charge in [0, 0.05) is 23.7 Å². The molecule has 3 fully saturated rings. The van der Waals surface area contributed by atoms with Crippen LogP contribution in [0.2, 0.25) is 0 Å². The molecule has 7 rings (SSSR count). The fraction of sp³-hybridized carbons (Fsp3) is 0.472. The van der Waals surface area contributed by atoms with E-state index in [-0.39, 0.29) is 10.8 Å². The Kier molecular flexibility index (Phi) is 7.37. The number of pyridine rings is 1. The Balaban J connectivity index is 1.12. The summed E-state index contributed by atoms with van der Waals surface area (Å²) >= 11 is 0. The molecule has 1 N–H and O–H groups in total. The number of hydrogen-bond acceptors (Lipinski definition) is 6. The van der Waals surface area contributed by atoms with Crippen molar-refractivity contribution >= 4 is 6.09 Å². The van der Waals surface area contributed by atoms with Gasteiger partial charge in [0.05, 0.1) is 17.8 Å². The van der Waals surface area contributed by atoms with E-state index in [9.17, 15) is 9.90 Å². The number of hydrogen-bond donors (Lipinski definition) is 1. The summed E-state index contributed by atoms with van der Waals surface area (Å²) in [6.45, 7) is 7.64. The van der Waals surface area contributed by atoms with E-state index in [1.165, 1.54) is 30.4 Å². The molecule has 2 bridgehead atoms. The molecule has 1 amide bonds. The standard InChI is InChI=1S/C36H42N6O3/c1-34(2,3)35(18-6-20-41(35)33(43)44)24-42-39-32(38-40-42)26-9-12-27(13-10-26)36(22-25-8-11-29(36)21-25)28-14-16-31(17-15-28)45-23-30-7-4-5-19-37-30/h4-5,7,9-10,12-17,19,25,29H,6,8,11,18,20-24H2,1-3H3,(H,43,44)/t25?,29?,35-,36?/m1/s1. The molecule has 0 radical (unpaired) electrons. The molecular formula is C36H42N6O3. The Morgan fingerprint density at radius 3 is 2.40 bits per heavy atom. The second kappa shape index (κ2) is 11.3. The fourth-order valence-corrected chi connectivity index (χ4v) is 8.61. The van der Waals surface area contributed by atoms with Gasteiger partial charge in [0.1, 0.15) is 12.4 Å². The van der Waals surface area contributed by atoms with E-state index in [2.05, 4.69) is 84.6 Å². The third kappa shape index (κ3) is 5.16. The molecule has 234 valence electrons. The lowest BCUT2D eigenvalue weighted by Crippen LogP contribution is -2.58. The van der Waals surface area contributed by atoms with E-state index in [4.69, 9.17) is 9.84 Å². The van der Waals surface area contributed by atoms with Crippen LogP contribution >= 0.6 is 0 Å². The van der Waals surface area contributed by atoms with E-state index in [0.29, 0.717) is 31.4 Å². The lowest BCUT2D eigenvalue weighted by molar-refractivity contribution is 0.0119. The van der Waals surface area contributed by atoms with Crippen molar-refractivity contribution in [1.29, 1.82) is 0 Å². The lowest BCUT2D eigenvalue weighted by Gasteiger charge is -2.46. The van der Waals surface area contributed by atoms with Gasteiger partial charge in [-0.15, -0.1) is 10.2 Å². The van der Waals surface area contributed by atoms with Crippen molar-refractivity contribution in [2.75, 3.05) is 6.54 Å². The van der Waals surface area contributed by atoms with E-state index >= 15 is 0 Å². The average molecular weight is 607 g/mol. The van der Waals surface area contributed by atoms with Crippen LogP contribution in [0.15, 0.2) is 72.9 Å². The highest BCUT2D eigenvalue weighted by Gasteiger charge is 2.54. The predicted octanol–water partition coefficient (Wildman–Crippen LogP) is 6.98. The van der Waals surface area contributed by atoms with Crippen LogP contribution in [0, 0.1) is 17.3 Å². The highest BCUT2D eigenvalue weighted by molar-refractivity contribution is 5.67. The molecule has 1 saturated heterocycles. The summed E-state index contributed by atoms with van der Waals surface area (Å²) in [5.74, 6) is 2.78. The van der Waals surface area contributed by atoms with Gasteiger partial charge in [0.2, 0.25) is 5.82 Å². The number of carboxylic acid groups (broad SMARTS) is 1. The predicted molar refractivity (Wildman–Crippen MR) is 171 cm³/mol. The molecule has 3 heterocycles. The molecule has 9 heteroatoms. The molecular weight excluding hydrogens is 564 g/mol. The van der Waals surface area contributed by atoms with Gasteiger partial charge in [0.25, 0.3) is 0 Å². The van der Waals surface area contributed by atoms with Gasteiger partial charge >= 0.3 is 6.09 Å². The first-order valence-electron chi connectivity index (χ1n) is 16.2. The van der Waals surface area contributed by atoms with Gasteiger partial charge in [-0.1, -0.05) is 69.7 Å². The zero-order chi connectivity index (χ0) is 31.2. The minimum Gasteiger partial charge on any atom is -0.487 e. The molecule has 3 aliphatic rings. The van der Waals surface area contributed by atoms with Gasteiger partial charge < -0.3 is 14.7 Å². The van der Waals surface area contributed by atoms with Crippen molar-refractivity contribution in [2.45, 2.75) is 83.4 Å². The molecule has 9 nitrogen and oxygen atoms in total. The van der Waals surface area contributed by atoms with Crippen LogP contribution in [0.4, 0.5) is 4.79 Å². The molecule has 4 atom stereocenters. The third-order valence-electron chi connectivity index (χ3n) is 11.0. The van der Waals surface area contributed by atoms with Crippen molar-refractivity contribution < 1.29 is 14.6 Å². The molecule has 2 aliphatic carbocycles. The van der Waals surface area contributed by atoms with Gasteiger partial charge in [-0.3, -0.25) is 4.98 Å². The zero-order valence-electron chi connectivity index (χ0n) is 26.4. The van der Waals surface area contributed by atoms with E-state index < -0.39 is 11.6 Å². The Morgan fingerprint density at radius 2 is 1.78 bits per heavy atom. The number of likely N-dealkylation sites (tertiary alicyclic amines) is 1. The number of carbonyl (C=O) groups is 1. The number of ether oxygens (including phenoxy) is 1. The van der Waals surface area contributed by atoms with Gasteiger partial charge in [-0.25, -0.2) is 4.79 Å². The number of amides is 1. The van der Waals surface area contributed by atoms with Crippen molar-refractivity contribution in [1.82, 2.24) is 30.1 Å². The van der Waals surface area contributed by atoms with Crippen LogP contribution in [0.3, 0.4) is 0 Å². The molecule has 45 heavy (non-hydrogen) atoms. The number of nitrogens with zero attached hydrogens (tertiary/aromatic N) is 6. The maximum absolute atomic E-state index is 12.1. The first-order valence-corrected chi connectivity index (χ1v) is 16.2. The second-order valence-electron chi connectivity index (χ2n) is 14.2. The quantitative estimate of drug-likeness (QED) is 0.231. The number of rotatable bonds is 8. The van der Waals surface area contributed by atoms with Crippen molar-refractivity contribution in [2.24, 2.45) is 17.3 Å². The Hall–Kier alpha value is -4.27. The zero-order valence-corrected chi connectivity index (χ0v) is 26.4. The average Bonchev–Trinajstić information content (AvgIpc) is 3.86. The molecule has 3 unspecified atom stereocenters. The van der Waals surface area contributed by atoms with Gasteiger partial charge in [-0.2, -0.15) is 4.80 Å². The number of benzene rings is 2. The van der Waals surface area contributed by atoms with Crippen molar-refractivity contribution in [3.8, 4) is 17.1 Å². The van der Waals surface area contributed by atoms with Gasteiger partial charge in [0.15, 0.2) is 0 Å². The molecule has 2 aromatic heterocycles. The van der Waals surface area contributed by atoms with Gasteiger partial charge in [-0.05, 0) is 90.0 Å². The van der Waals surface area contributed by atoms with Crippen LogP contribution in [0.1, 0.15) is 76.1 Å². The Morgan fingerprint density at radius 1 is 1.02 bits per heavy atom. The number of aromatic nitrogens is 5. The van der Waals surface area contributed by atoms with E-state index in [1.807, 2.05) is 18.2 Å². The minimum absolute atomic E-state index is 0.0200. The summed E-state index contributed by atoms with van der Waals surface area (Å²) in [6, 6.07) is 23.3. The smallest absolute Gasteiger partial charge is 0.407 e. The molecule has 2 saturated carbocycles. The summed E-state index contributed by atoms with van der Waals surface area (Å²) in [4.78, 5) is 19.7. The van der Waals surface area contributed by atoms with E-state index in [0.717, 1.165) is 42.2 Å².